The number of hydrogen-bond acceptors (Lipinski definition) is 4. The molecule has 6 heteroatoms. The molecule has 3 N–H and O–H groups in total. The molecular weight excluding hydrogens is 284 g/mol. The molecule has 2 aromatic rings. The highest BCUT2D eigenvalue weighted by atomic mass is 32.1. The second-order valence-electron chi connectivity index (χ2n) is 4.27. The lowest BCUT2D eigenvalue weighted by Gasteiger charge is -2.07. The first-order valence-electron chi connectivity index (χ1n) is 6.18. The molecule has 0 radical (unpaired) electrons. The second-order valence-corrected chi connectivity index (χ2v) is 5.41. The van der Waals surface area contributed by atoms with Crippen LogP contribution in [0.5, 0.6) is 11.5 Å². The van der Waals surface area contributed by atoms with Gasteiger partial charge in [-0.15, -0.1) is 11.3 Å². The fraction of sp³-hybridized carbons (Fsp3) is 0.286. The number of benzene rings is 1. The van der Waals surface area contributed by atoms with Crippen molar-refractivity contribution in [3.63, 3.8) is 0 Å². The highest BCUT2D eigenvalue weighted by molar-refractivity contribution is 7.17. The first-order valence-corrected chi connectivity index (χ1v) is 7.00. The second kappa shape index (κ2) is 6.09. The van der Waals surface area contributed by atoms with Crippen LogP contribution in [0.4, 0.5) is 13.8 Å². The minimum atomic E-state index is -2.88. The van der Waals surface area contributed by atoms with Crippen molar-refractivity contribution in [3.8, 4) is 22.6 Å². The van der Waals surface area contributed by atoms with Crippen LogP contribution in [0, 0.1) is 0 Å². The maximum Gasteiger partial charge on any atom is 0.387 e. The Morgan fingerprint density at radius 2 is 2.15 bits per heavy atom. The predicted octanol–water partition coefficient (Wildman–Crippen LogP) is 4.26. The van der Waals surface area contributed by atoms with Crippen LogP contribution >= 0.6 is 11.3 Å². The molecule has 0 unspecified atom stereocenters. The van der Waals surface area contributed by atoms with E-state index in [-0.39, 0.29) is 11.5 Å². The Morgan fingerprint density at radius 3 is 2.80 bits per heavy atom. The molecule has 0 spiro atoms. The number of hydrogen-bond donors (Lipinski definition) is 2. The average Bonchev–Trinajstić information content (AvgIpc) is 2.64. The van der Waals surface area contributed by atoms with Gasteiger partial charge in [-0.3, -0.25) is 0 Å². The molecule has 20 heavy (non-hydrogen) atoms. The van der Waals surface area contributed by atoms with Crippen LogP contribution in [0.25, 0.3) is 11.1 Å². The van der Waals surface area contributed by atoms with Gasteiger partial charge in [-0.25, -0.2) is 0 Å². The van der Waals surface area contributed by atoms with E-state index in [9.17, 15) is 13.9 Å². The zero-order valence-electron chi connectivity index (χ0n) is 10.9. The van der Waals surface area contributed by atoms with Crippen molar-refractivity contribution in [2.45, 2.75) is 26.4 Å². The Bertz CT molecular complexity index is 599. The van der Waals surface area contributed by atoms with E-state index in [0.29, 0.717) is 16.1 Å². The number of rotatable bonds is 5. The van der Waals surface area contributed by atoms with E-state index >= 15 is 0 Å². The van der Waals surface area contributed by atoms with Crippen LogP contribution in [0.1, 0.15) is 18.2 Å². The lowest BCUT2D eigenvalue weighted by molar-refractivity contribution is -0.0498. The fourth-order valence-electron chi connectivity index (χ4n) is 1.99. The van der Waals surface area contributed by atoms with E-state index in [2.05, 4.69) is 4.74 Å². The molecule has 2 rings (SSSR count). The third-order valence-corrected chi connectivity index (χ3v) is 3.87. The standard InChI is InChI=1S/C14H15F2NO2S/c1-2-4-10-12(18)11(13(17)20-10)8-5-3-6-9(7-8)19-14(15)16/h3,5-7,14,18H,2,4,17H2,1H3. The minimum Gasteiger partial charge on any atom is -0.506 e. The molecule has 3 nitrogen and oxygen atoms in total. The van der Waals surface area contributed by atoms with Gasteiger partial charge in [0.25, 0.3) is 0 Å². The van der Waals surface area contributed by atoms with Crippen LogP contribution < -0.4 is 10.5 Å². The lowest BCUT2D eigenvalue weighted by atomic mass is 10.1. The normalized spacial score (nSPS) is 11.0. The molecule has 1 heterocycles. The molecule has 0 atom stereocenters. The molecule has 0 amide bonds. The number of nitrogen functional groups attached to an aromatic ring is 1. The van der Waals surface area contributed by atoms with Crippen LogP contribution in [-0.2, 0) is 6.42 Å². The van der Waals surface area contributed by atoms with Crippen LogP contribution in [-0.4, -0.2) is 11.7 Å². The third-order valence-electron chi connectivity index (χ3n) is 2.81. The first-order chi connectivity index (χ1) is 9.52. The molecule has 1 aromatic heterocycles. The number of alkyl halides is 2. The maximum absolute atomic E-state index is 12.2. The van der Waals surface area contributed by atoms with Crippen molar-refractivity contribution >= 4 is 16.3 Å². The van der Waals surface area contributed by atoms with E-state index in [1.165, 1.54) is 23.5 Å². The van der Waals surface area contributed by atoms with Gasteiger partial charge in [-0.1, -0.05) is 25.5 Å². The van der Waals surface area contributed by atoms with Gasteiger partial charge in [0.15, 0.2) is 0 Å². The van der Waals surface area contributed by atoms with Gasteiger partial charge in [-0.2, -0.15) is 8.78 Å². The van der Waals surface area contributed by atoms with Gasteiger partial charge in [-0.05, 0) is 24.1 Å². The molecule has 108 valence electrons. The number of nitrogens with two attached hydrogens (primary N) is 1. The van der Waals surface area contributed by atoms with Crippen molar-refractivity contribution < 1.29 is 18.6 Å². The van der Waals surface area contributed by atoms with E-state index in [4.69, 9.17) is 5.73 Å². The van der Waals surface area contributed by atoms with E-state index in [0.717, 1.165) is 17.7 Å². The zero-order valence-corrected chi connectivity index (χ0v) is 11.7. The quantitative estimate of drug-likeness (QED) is 0.867. The largest absolute Gasteiger partial charge is 0.506 e. The van der Waals surface area contributed by atoms with Crippen LogP contribution in [0.15, 0.2) is 24.3 Å². The molecule has 1 aromatic carbocycles. The maximum atomic E-state index is 12.2. The van der Waals surface area contributed by atoms with Gasteiger partial charge in [0.2, 0.25) is 0 Å². The van der Waals surface area contributed by atoms with Gasteiger partial charge >= 0.3 is 6.61 Å². The van der Waals surface area contributed by atoms with Crippen molar-refractivity contribution in [1.82, 2.24) is 0 Å². The summed E-state index contributed by atoms with van der Waals surface area (Å²) >= 11 is 1.32. The summed E-state index contributed by atoms with van der Waals surface area (Å²) in [7, 11) is 0. The van der Waals surface area contributed by atoms with Crippen molar-refractivity contribution in [3.05, 3.63) is 29.1 Å². The molecule has 0 fully saturated rings. The Hall–Kier alpha value is -1.82. The SMILES string of the molecule is CCCc1sc(N)c(-c2cccc(OC(F)F)c2)c1O. The number of aromatic hydroxyl groups is 1. The monoisotopic (exact) mass is 299 g/mol. The molecule has 0 aliphatic rings. The molecule has 0 bridgehead atoms. The van der Waals surface area contributed by atoms with E-state index in [1.54, 1.807) is 12.1 Å². The van der Waals surface area contributed by atoms with Crippen LogP contribution in [0.3, 0.4) is 0 Å². The van der Waals surface area contributed by atoms with Gasteiger partial charge in [0, 0.05) is 4.88 Å². The molecule has 0 aliphatic carbocycles. The molecule has 0 saturated carbocycles. The Labute approximate surface area is 119 Å². The number of ether oxygens (including phenoxy) is 1. The van der Waals surface area contributed by atoms with Gasteiger partial charge < -0.3 is 15.6 Å². The van der Waals surface area contributed by atoms with Gasteiger partial charge in [0.05, 0.1) is 10.6 Å². The highest BCUT2D eigenvalue weighted by Gasteiger charge is 2.17. The summed E-state index contributed by atoms with van der Waals surface area (Å²) in [6, 6.07) is 6.16. The number of anilines is 1. The Kier molecular flexibility index (Phi) is 4.44. The smallest absolute Gasteiger partial charge is 0.387 e. The summed E-state index contributed by atoms with van der Waals surface area (Å²) in [5, 5.41) is 10.7. The van der Waals surface area contributed by atoms with Crippen LogP contribution in [0.2, 0.25) is 0 Å². The minimum absolute atomic E-state index is 0.0412. The highest BCUT2D eigenvalue weighted by Crippen LogP contribution is 2.45. The van der Waals surface area contributed by atoms with Gasteiger partial charge in [0.1, 0.15) is 11.5 Å². The van der Waals surface area contributed by atoms with Crippen molar-refractivity contribution in [2.24, 2.45) is 0 Å². The topological polar surface area (TPSA) is 55.5 Å². The number of thiophene rings is 1. The summed E-state index contributed by atoms with van der Waals surface area (Å²) in [5.41, 5.74) is 6.98. The fourth-order valence-corrected chi connectivity index (χ4v) is 3.08. The molecule has 0 saturated heterocycles. The Balaban J connectivity index is 2.41. The van der Waals surface area contributed by atoms with E-state index in [1.807, 2.05) is 6.92 Å². The zero-order chi connectivity index (χ0) is 14.7. The number of aryl methyl sites for hydroxylation is 1. The summed E-state index contributed by atoms with van der Waals surface area (Å²) in [4.78, 5) is 0.806. The number of halogens is 2. The lowest BCUT2D eigenvalue weighted by Crippen LogP contribution is -2.01. The third kappa shape index (κ3) is 3.01. The average molecular weight is 299 g/mol. The Morgan fingerprint density at radius 1 is 1.40 bits per heavy atom. The van der Waals surface area contributed by atoms with Crippen molar-refractivity contribution in [1.29, 1.82) is 0 Å². The molecular formula is C14H15F2NO2S. The summed E-state index contributed by atoms with van der Waals surface area (Å²) in [6.45, 7) is -0.874. The first kappa shape index (κ1) is 14.6. The summed E-state index contributed by atoms with van der Waals surface area (Å²) in [6.07, 6.45) is 1.62. The predicted molar refractivity (Wildman–Crippen MR) is 76.5 cm³/mol. The summed E-state index contributed by atoms with van der Waals surface area (Å²) in [5.74, 6) is 0.170. The summed E-state index contributed by atoms with van der Waals surface area (Å²) < 4.78 is 28.8. The van der Waals surface area contributed by atoms with Crippen molar-refractivity contribution in [2.75, 3.05) is 5.73 Å². The molecule has 0 aliphatic heterocycles. The van der Waals surface area contributed by atoms with E-state index < -0.39 is 6.61 Å².